The first-order chi connectivity index (χ1) is 9.22. The predicted molar refractivity (Wildman–Crippen MR) is 79.6 cm³/mol. The lowest BCUT2D eigenvalue weighted by molar-refractivity contribution is 0.575. The first-order valence-electron chi connectivity index (χ1n) is 6.69. The second-order valence-corrected chi connectivity index (χ2v) is 5.18. The Morgan fingerprint density at radius 2 is 1.05 bits per heavy atom. The molecule has 5 N–H and O–H groups in total. The van der Waals surface area contributed by atoms with Crippen LogP contribution in [0.2, 0.25) is 0 Å². The molecule has 2 aromatic rings. The van der Waals surface area contributed by atoms with Gasteiger partial charge in [-0.25, -0.2) is 0 Å². The average Bonchev–Trinajstić information content (AvgIpc) is 2.90. The fraction of sp³-hybridized carbons (Fsp3) is 0.250. The molecule has 0 saturated carbocycles. The quantitative estimate of drug-likeness (QED) is 0.721. The molecule has 1 unspecified atom stereocenters. The number of nitrogen functional groups attached to an aromatic ring is 2. The van der Waals surface area contributed by atoms with Gasteiger partial charge in [-0.15, -0.1) is 0 Å². The Morgan fingerprint density at radius 3 is 1.42 bits per heavy atom. The van der Waals surface area contributed by atoms with E-state index < -0.39 is 0 Å². The van der Waals surface area contributed by atoms with Gasteiger partial charge in [-0.3, -0.25) is 0 Å². The van der Waals surface area contributed by atoms with Gasteiger partial charge in [0.05, 0.1) is 0 Å². The van der Waals surface area contributed by atoms with Crippen molar-refractivity contribution in [2.24, 2.45) is 0 Å². The minimum absolute atomic E-state index is 0.420. The Morgan fingerprint density at radius 1 is 0.684 bits per heavy atom. The van der Waals surface area contributed by atoms with Crippen LogP contribution in [0.5, 0.6) is 0 Å². The minimum Gasteiger partial charge on any atom is -0.399 e. The van der Waals surface area contributed by atoms with Crippen LogP contribution in [0.15, 0.2) is 48.5 Å². The highest BCUT2D eigenvalue weighted by molar-refractivity contribution is 5.42. The Bertz CT molecular complexity index is 494. The summed E-state index contributed by atoms with van der Waals surface area (Å²) >= 11 is 0. The van der Waals surface area contributed by atoms with E-state index in [1.165, 1.54) is 11.1 Å². The fourth-order valence-electron chi connectivity index (χ4n) is 2.73. The van der Waals surface area contributed by atoms with Crippen molar-refractivity contribution in [1.82, 2.24) is 5.32 Å². The monoisotopic (exact) mass is 253 g/mol. The molecule has 2 aromatic carbocycles. The molecule has 0 bridgehead atoms. The zero-order chi connectivity index (χ0) is 13.2. The Kier molecular flexibility index (Phi) is 3.13. The van der Waals surface area contributed by atoms with Gasteiger partial charge in [0.2, 0.25) is 0 Å². The van der Waals surface area contributed by atoms with E-state index in [2.05, 4.69) is 29.6 Å². The fourth-order valence-corrected chi connectivity index (χ4v) is 2.73. The van der Waals surface area contributed by atoms with Crippen molar-refractivity contribution < 1.29 is 0 Å². The number of benzene rings is 2. The number of anilines is 2. The van der Waals surface area contributed by atoms with E-state index in [4.69, 9.17) is 11.5 Å². The summed E-state index contributed by atoms with van der Waals surface area (Å²) in [7, 11) is 0. The van der Waals surface area contributed by atoms with Gasteiger partial charge in [-0.1, -0.05) is 24.3 Å². The highest BCUT2D eigenvalue weighted by atomic mass is 15.0. The summed E-state index contributed by atoms with van der Waals surface area (Å²) in [5, 5.41) is 3.68. The highest BCUT2D eigenvalue weighted by Crippen LogP contribution is 2.34. The Hall–Kier alpha value is -2.00. The maximum Gasteiger partial charge on any atom is 0.0326 e. The van der Waals surface area contributed by atoms with Gasteiger partial charge in [-0.05, 0) is 48.2 Å². The van der Waals surface area contributed by atoms with E-state index in [1.807, 2.05) is 24.3 Å². The molecular formula is C16H19N3. The third-order valence-electron chi connectivity index (χ3n) is 3.82. The van der Waals surface area contributed by atoms with Gasteiger partial charge in [0, 0.05) is 23.5 Å². The second-order valence-electron chi connectivity index (χ2n) is 5.18. The molecule has 19 heavy (non-hydrogen) atoms. The van der Waals surface area contributed by atoms with Crippen LogP contribution in [0.1, 0.15) is 36.1 Å². The summed E-state index contributed by atoms with van der Waals surface area (Å²) in [6, 6.07) is 17.1. The number of hydrogen-bond acceptors (Lipinski definition) is 3. The van der Waals surface area contributed by atoms with Crippen LogP contribution in [-0.4, -0.2) is 0 Å². The van der Waals surface area contributed by atoms with Crippen molar-refractivity contribution in [3.05, 3.63) is 59.7 Å². The normalized spacial score (nSPS) is 22.5. The molecule has 3 heteroatoms. The number of hydrogen-bond donors (Lipinski definition) is 3. The third kappa shape index (κ3) is 2.56. The smallest absolute Gasteiger partial charge is 0.0326 e. The maximum atomic E-state index is 5.73. The molecule has 1 aliphatic rings. The van der Waals surface area contributed by atoms with Crippen molar-refractivity contribution >= 4 is 11.4 Å². The van der Waals surface area contributed by atoms with Gasteiger partial charge in [0.15, 0.2) is 0 Å². The Balaban J connectivity index is 1.73. The lowest BCUT2D eigenvalue weighted by Crippen LogP contribution is -2.17. The van der Waals surface area contributed by atoms with Gasteiger partial charge in [-0.2, -0.15) is 0 Å². The van der Waals surface area contributed by atoms with E-state index in [-0.39, 0.29) is 0 Å². The molecule has 3 nitrogen and oxygen atoms in total. The average molecular weight is 253 g/mol. The van der Waals surface area contributed by atoms with Crippen LogP contribution in [0.4, 0.5) is 11.4 Å². The van der Waals surface area contributed by atoms with Crippen LogP contribution in [-0.2, 0) is 0 Å². The second kappa shape index (κ2) is 4.94. The predicted octanol–water partition coefficient (Wildman–Crippen LogP) is 3.02. The van der Waals surface area contributed by atoms with E-state index in [0.29, 0.717) is 12.1 Å². The summed E-state index contributed by atoms with van der Waals surface area (Å²) in [6.45, 7) is 0. The summed E-state index contributed by atoms with van der Waals surface area (Å²) < 4.78 is 0. The number of nitrogens with two attached hydrogens (primary N) is 2. The molecule has 0 aliphatic carbocycles. The molecule has 1 fully saturated rings. The summed E-state index contributed by atoms with van der Waals surface area (Å²) in [4.78, 5) is 0. The molecule has 3 rings (SSSR count). The molecule has 1 aliphatic heterocycles. The van der Waals surface area contributed by atoms with Crippen molar-refractivity contribution in [2.75, 3.05) is 11.5 Å². The first kappa shape index (κ1) is 12.1. The largest absolute Gasteiger partial charge is 0.399 e. The van der Waals surface area contributed by atoms with Gasteiger partial charge in [0.25, 0.3) is 0 Å². The molecule has 0 radical (unpaired) electrons. The molecule has 1 saturated heterocycles. The summed E-state index contributed by atoms with van der Waals surface area (Å²) in [6.07, 6.45) is 2.30. The van der Waals surface area contributed by atoms with E-state index >= 15 is 0 Å². The van der Waals surface area contributed by atoms with Gasteiger partial charge < -0.3 is 16.8 Å². The lowest BCUT2D eigenvalue weighted by Gasteiger charge is -2.15. The van der Waals surface area contributed by atoms with Gasteiger partial charge >= 0.3 is 0 Å². The first-order valence-corrected chi connectivity index (χ1v) is 6.69. The van der Waals surface area contributed by atoms with Crippen LogP contribution in [0.25, 0.3) is 0 Å². The summed E-state index contributed by atoms with van der Waals surface area (Å²) in [5.74, 6) is 0. The van der Waals surface area contributed by atoms with Crippen molar-refractivity contribution in [2.45, 2.75) is 24.9 Å². The van der Waals surface area contributed by atoms with E-state index in [9.17, 15) is 0 Å². The van der Waals surface area contributed by atoms with Crippen molar-refractivity contribution in [3.63, 3.8) is 0 Å². The van der Waals surface area contributed by atoms with E-state index in [1.54, 1.807) is 0 Å². The molecule has 0 spiro atoms. The minimum atomic E-state index is 0.420. The van der Waals surface area contributed by atoms with Crippen molar-refractivity contribution in [1.29, 1.82) is 0 Å². The molecule has 0 amide bonds. The molecule has 0 aromatic heterocycles. The van der Waals surface area contributed by atoms with Crippen LogP contribution < -0.4 is 16.8 Å². The van der Waals surface area contributed by atoms with E-state index in [0.717, 1.165) is 24.2 Å². The van der Waals surface area contributed by atoms with Gasteiger partial charge in [0.1, 0.15) is 0 Å². The standard InChI is InChI=1S/C16H19N3/c17-13-5-1-11(2-6-13)15-9-10-16(19-15)12-3-7-14(18)8-4-12/h1-8,15-16,19H,9-10,17-18H2/t15-,16?/m0/s1. The molecular weight excluding hydrogens is 234 g/mol. The Labute approximate surface area is 113 Å². The molecule has 98 valence electrons. The zero-order valence-corrected chi connectivity index (χ0v) is 10.8. The molecule has 2 atom stereocenters. The molecule has 1 heterocycles. The van der Waals surface area contributed by atoms with Crippen LogP contribution in [0.3, 0.4) is 0 Å². The van der Waals surface area contributed by atoms with Crippen LogP contribution in [0, 0.1) is 0 Å². The number of nitrogens with one attached hydrogen (secondary N) is 1. The third-order valence-corrected chi connectivity index (χ3v) is 3.82. The highest BCUT2D eigenvalue weighted by Gasteiger charge is 2.25. The van der Waals surface area contributed by atoms with Crippen LogP contribution >= 0.6 is 0 Å². The maximum absolute atomic E-state index is 5.73. The lowest BCUT2D eigenvalue weighted by atomic mass is 10.0. The SMILES string of the molecule is Nc1ccc(C2CC[C@@H](c3ccc(N)cc3)N2)cc1. The summed E-state index contributed by atoms with van der Waals surface area (Å²) in [5.41, 5.74) is 15.7. The topological polar surface area (TPSA) is 64.1 Å². The zero-order valence-electron chi connectivity index (χ0n) is 10.8. The number of rotatable bonds is 2. The van der Waals surface area contributed by atoms with Crippen molar-refractivity contribution in [3.8, 4) is 0 Å².